The number of ether oxygens (including phenoxy) is 1. The summed E-state index contributed by atoms with van der Waals surface area (Å²) in [6.07, 6.45) is 4.80. The van der Waals surface area contributed by atoms with Crippen molar-refractivity contribution in [1.29, 1.82) is 0 Å². The van der Waals surface area contributed by atoms with Gasteiger partial charge in [0.2, 0.25) is 0 Å². The van der Waals surface area contributed by atoms with Crippen LogP contribution >= 0.6 is 11.8 Å². The van der Waals surface area contributed by atoms with Gasteiger partial charge in [0.15, 0.2) is 11.2 Å². The van der Waals surface area contributed by atoms with Crippen LogP contribution in [-0.4, -0.2) is 39.8 Å². The molecule has 1 saturated heterocycles. The van der Waals surface area contributed by atoms with Gasteiger partial charge < -0.3 is 25.5 Å². The highest BCUT2D eigenvalue weighted by molar-refractivity contribution is 8.18. The molecular formula is C30H23FN4O5S. The monoisotopic (exact) mass is 570 g/mol. The lowest BCUT2D eigenvalue weighted by atomic mass is 10.00. The minimum atomic E-state index is -0.992. The van der Waals surface area contributed by atoms with Gasteiger partial charge in [-0.1, -0.05) is 30.3 Å². The number of carboxylic acid groups (broad SMARTS) is 1. The number of nitrogen functional groups attached to an aromatic ring is 1. The zero-order valence-electron chi connectivity index (χ0n) is 21.6. The van der Waals surface area contributed by atoms with Gasteiger partial charge in [-0.25, -0.2) is 19.0 Å². The molecule has 0 aliphatic carbocycles. The SMILES string of the molecule is COC(=O)c1cc(-c2ccc(/C=C3/SC(=Nc4ccc(C(C(=O)O)n5cccc5)cc4)NC3=O)c(F)c2)ccc1N. The fraction of sp³-hybridized carbons (Fsp3) is 0.0667. The number of carbonyl (C=O) groups is 3. The van der Waals surface area contributed by atoms with Crippen molar-refractivity contribution in [3.05, 3.63) is 113 Å². The van der Waals surface area contributed by atoms with Crippen molar-refractivity contribution in [2.24, 2.45) is 4.99 Å². The Bertz CT molecular complexity index is 1720. The van der Waals surface area contributed by atoms with Gasteiger partial charge in [-0.15, -0.1) is 0 Å². The van der Waals surface area contributed by atoms with E-state index in [2.05, 4.69) is 10.3 Å². The number of carboxylic acids is 1. The third-order valence-electron chi connectivity index (χ3n) is 6.33. The van der Waals surface area contributed by atoms with E-state index in [-0.39, 0.29) is 21.7 Å². The first-order chi connectivity index (χ1) is 19.7. The Morgan fingerprint density at radius 2 is 1.76 bits per heavy atom. The summed E-state index contributed by atoms with van der Waals surface area (Å²) in [5.74, 6) is -2.57. The number of thioether (sulfide) groups is 1. The Morgan fingerprint density at radius 1 is 1.07 bits per heavy atom. The molecule has 9 nitrogen and oxygen atoms in total. The lowest BCUT2D eigenvalue weighted by molar-refractivity contribution is -0.139. The van der Waals surface area contributed by atoms with E-state index in [1.165, 1.54) is 31.4 Å². The number of methoxy groups -OCH3 is 1. The van der Waals surface area contributed by atoms with Crippen LogP contribution in [0.5, 0.6) is 0 Å². The summed E-state index contributed by atoms with van der Waals surface area (Å²) >= 11 is 1.06. The number of benzene rings is 3. The predicted molar refractivity (Wildman–Crippen MR) is 155 cm³/mol. The largest absolute Gasteiger partial charge is 0.479 e. The molecule has 0 bridgehead atoms. The molecule has 3 aromatic carbocycles. The number of amides is 1. The third-order valence-corrected chi connectivity index (χ3v) is 7.24. The van der Waals surface area contributed by atoms with Crippen molar-refractivity contribution in [3.63, 3.8) is 0 Å². The molecule has 0 saturated carbocycles. The van der Waals surface area contributed by atoms with Gasteiger partial charge in [0.1, 0.15) is 5.82 Å². The van der Waals surface area contributed by atoms with E-state index in [0.29, 0.717) is 27.5 Å². The molecule has 1 fully saturated rings. The highest BCUT2D eigenvalue weighted by Gasteiger charge is 2.25. The second kappa shape index (κ2) is 11.5. The fourth-order valence-corrected chi connectivity index (χ4v) is 5.11. The van der Waals surface area contributed by atoms with Crippen LogP contribution in [0.2, 0.25) is 0 Å². The number of nitrogens with two attached hydrogens (primary N) is 1. The standard InChI is InChI=1S/C30H23FN4O5S/c1-40-29(39)22-14-18(8-11-24(22)32)19-4-5-20(23(31)15-19)16-25-27(36)34-30(41-25)33-21-9-6-17(7-10-21)26(28(37)38)35-12-2-3-13-35/h2-16,26H,32H2,1H3,(H,37,38)(H,33,34,36)/b25-16+. The third kappa shape index (κ3) is 5.89. The zero-order chi connectivity index (χ0) is 29.1. The molecule has 1 aliphatic rings. The van der Waals surface area contributed by atoms with Crippen molar-refractivity contribution in [3.8, 4) is 11.1 Å². The van der Waals surface area contributed by atoms with Gasteiger partial charge in [-0.2, -0.15) is 0 Å². The second-order valence-corrected chi connectivity index (χ2v) is 10.0. The number of nitrogens with one attached hydrogen (secondary N) is 1. The number of nitrogens with zero attached hydrogens (tertiary/aromatic N) is 2. The number of anilines is 1. The number of aromatic nitrogens is 1. The van der Waals surface area contributed by atoms with E-state index in [1.807, 2.05) is 0 Å². The smallest absolute Gasteiger partial charge is 0.339 e. The Balaban J connectivity index is 1.33. The Kier molecular flexibility index (Phi) is 7.70. The van der Waals surface area contributed by atoms with Gasteiger partial charge in [0.25, 0.3) is 5.91 Å². The predicted octanol–water partition coefficient (Wildman–Crippen LogP) is 5.23. The molecule has 0 spiro atoms. The van der Waals surface area contributed by atoms with Crippen LogP contribution in [-0.2, 0) is 14.3 Å². The van der Waals surface area contributed by atoms with Gasteiger partial charge in [0, 0.05) is 23.6 Å². The van der Waals surface area contributed by atoms with Crippen LogP contribution in [0.3, 0.4) is 0 Å². The van der Waals surface area contributed by atoms with Crippen molar-refractivity contribution < 1.29 is 28.6 Å². The topological polar surface area (TPSA) is 136 Å². The second-order valence-electron chi connectivity index (χ2n) is 8.97. The first-order valence-electron chi connectivity index (χ1n) is 12.3. The van der Waals surface area contributed by atoms with Gasteiger partial charge in [0.05, 0.1) is 23.3 Å². The van der Waals surface area contributed by atoms with E-state index in [4.69, 9.17) is 10.5 Å². The van der Waals surface area contributed by atoms with Crippen LogP contribution in [0.15, 0.2) is 95.1 Å². The van der Waals surface area contributed by atoms with Crippen molar-refractivity contribution >= 4 is 52.2 Å². The molecule has 5 rings (SSSR count). The van der Waals surface area contributed by atoms with Crippen LogP contribution in [0.4, 0.5) is 15.8 Å². The molecule has 1 aromatic heterocycles. The number of halogens is 1. The van der Waals surface area contributed by atoms with Crippen molar-refractivity contribution in [1.82, 2.24) is 9.88 Å². The molecule has 0 radical (unpaired) electrons. The Morgan fingerprint density at radius 3 is 2.41 bits per heavy atom. The maximum atomic E-state index is 15.1. The van der Waals surface area contributed by atoms with E-state index < -0.39 is 29.7 Å². The van der Waals surface area contributed by atoms with Crippen molar-refractivity contribution in [2.45, 2.75) is 6.04 Å². The van der Waals surface area contributed by atoms with E-state index in [0.717, 1.165) is 11.8 Å². The van der Waals surface area contributed by atoms with E-state index in [1.54, 1.807) is 71.6 Å². The summed E-state index contributed by atoms with van der Waals surface area (Å²) in [6.45, 7) is 0. The molecule has 1 atom stereocenters. The summed E-state index contributed by atoms with van der Waals surface area (Å²) < 4.78 is 21.4. The minimum Gasteiger partial charge on any atom is -0.479 e. The molecule has 11 heteroatoms. The number of hydrogen-bond donors (Lipinski definition) is 3. The average Bonchev–Trinajstić information content (AvgIpc) is 3.60. The number of aliphatic imine (C=N–C) groups is 1. The summed E-state index contributed by atoms with van der Waals surface area (Å²) in [6, 6.07) is 18.6. The number of carbonyl (C=O) groups excluding carboxylic acids is 2. The number of aliphatic carboxylic acids is 1. The summed E-state index contributed by atoms with van der Waals surface area (Å²) in [4.78, 5) is 41.0. The van der Waals surface area contributed by atoms with Gasteiger partial charge in [-0.05, 0) is 77.0 Å². The molecule has 4 N–H and O–H groups in total. The number of hydrogen-bond acceptors (Lipinski definition) is 7. The highest BCUT2D eigenvalue weighted by Crippen LogP contribution is 2.31. The van der Waals surface area contributed by atoms with Crippen LogP contribution in [0, 0.1) is 5.82 Å². The first-order valence-corrected chi connectivity index (χ1v) is 13.1. The average molecular weight is 571 g/mol. The molecule has 41 heavy (non-hydrogen) atoms. The molecule has 1 unspecified atom stereocenters. The lowest BCUT2D eigenvalue weighted by Gasteiger charge is -2.14. The van der Waals surface area contributed by atoms with E-state index in [9.17, 15) is 19.5 Å². The van der Waals surface area contributed by atoms with Crippen molar-refractivity contribution in [2.75, 3.05) is 12.8 Å². The molecule has 2 heterocycles. The molecule has 4 aromatic rings. The maximum Gasteiger partial charge on any atom is 0.339 e. The Labute approximate surface area is 238 Å². The van der Waals surface area contributed by atoms with Crippen LogP contribution in [0.1, 0.15) is 27.5 Å². The summed E-state index contributed by atoms with van der Waals surface area (Å²) in [7, 11) is 1.25. The molecule has 206 valence electrons. The van der Waals surface area contributed by atoms with Crippen LogP contribution < -0.4 is 11.1 Å². The normalized spacial score (nSPS) is 15.6. The Hall–Kier alpha value is -5.16. The molecule has 1 aliphatic heterocycles. The van der Waals surface area contributed by atoms with Gasteiger partial charge in [-0.3, -0.25) is 4.79 Å². The fourth-order valence-electron chi connectivity index (χ4n) is 4.28. The number of esters is 1. The quantitative estimate of drug-likeness (QED) is 0.157. The van der Waals surface area contributed by atoms with Gasteiger partial charge >= 0.3 is 11.9 Å². The maximum absolute atomic E-state index is 15.1. The number of amidine groups is 1. The van der Waals surface area contributed by atoms with Crippen LogP contribution in [0.25, 0.3) is 17.2 Å². The minimum absolute atomic E-state index is 0.180. The zero-order valence-corrected chi connectivity index (χ0v) is 22.4. The first kappa shape index (κ1) is 27.4. The summed E-state index contributed by atoms with van der Waals surface area (Å²) in [5, 5.41) is 12.6. The lowest BCUT2D eigenvalue weighted by Crippen LogP contribution is -2.19. The molecule has 1 amide bonds. The summed E-state index contributed by atoms with van der Waals surface area (Å²) in [5.41, 5.74) is 8.67. The molecular weight excluding hydrogens is 547 g/mol. The number of rotatable bonds is 7. The highest BCUT2D eigenvalue weighted by atomic mass is 32.2. The van der Waals surface area contributed by atoms with E-state index >= 15 is 4.39 Å².